The molecule has 1 aliphatic heterocycles. The van der Waals surface area contributed by atoms with Crippen LogP contribution in [0.4, 0.5) is 0 Å². The van der Waals surface area contributed by atoms with E-state index in [0.717, 1.165) is 0 Å². The van der Waals surface area contributed by atoms with Crippen molar-refractivity contribution in [3.8, 4) is 0 Å². The van der Waals surface area contributed by atoms with Crippen LogP contribution in [-0.2, 0) is 4.79 Å². The number of aliphatic hydroxyl groups is 2. The van der Waals surface area contributed by atoms with Gasteiger partial charge in [0, 0.05) is 6.92 Å². The summed E-state index contributed by atoms with van der Waals surface area (Å²) in [4.78, 5) is 10.6. The van der Waals surface area contributed by atoms with Gasteiger partial charge in [-0.25, -0.2) is 0 Å². The predicted molar refractivity (Wildman–Crippen MR) is 49.5 cm³/mol. The van der Waals surface area contributed by atoms with Crippen LogP contribution in [0.25, 0.3) is 0 Å². The first-order valence-electron chi connectivity index (χ1n) is 3.98. The molecule has 0 bridgehead atoms. The Labute approximate surface area is 82.9 Å². The van der Waals surface area contributed by atoms with E-state index in [1.165, 1.54) is 6.92 Å². The smallest absolute Gasteiger partial charge is 0.218 e. The van der Waals surface area contributed by atoms with Crippen molar-refractivity contribution < 1.29 is 15.0 Å². The van der Waals surface area contributed by atoms with E-state index in [2.05, 4.69) is 10.6 Å². The lowest BCUT2D eigenvalue weighted by atomic mass is 10.0. The molecule has 13 heavy (non-hydrogen) atoms. The zero-order chi connectivity index (χ0) is 9.14. The molecule has 1 fully saturated rings. The molecule has 1 aliphatic rings. The number of rotatable bonds is 1. The van der Waals surface area contributed by atoms with Crippen LogP contribution in [0, 0.1) is 0 Å². The molecule has 4 N–H and O–H groups in total. The molecule has 1 saturated heterocycles. The number of hydrogen-bond acceptors (Lipinski definition) is 4. The highest BCUT2D eigenvalue weighted by Gasteiger charge is 2.30. The minimum atomic E-state index is -0.914. The van der Waals surface area contributed by atoms with Gasteiger partial charge in [-0.05, 0) is 13.0 Å². The molecule has 0 unspecified atom stereocenters. The zero-order valence-corrected chi connectivity index (χ0v) is 8.17. The van der Waals surface area contributed by atoms with E-state index >= 15 is 0 Å². The van der Waals surface area contributed by atoms with Crippen LogP contribution in [0.5, 0.6) is 0 Å². The molecule has 78 valence electrons. The van der Waals surface area contributed by atoms with Crippen molar-refractivity contribution >= 4 is 18.3 Å². The normalized spacial score (nSPS) is 33.3. The molecule has 0 aromatic carbocycles. The van der Waals surface area contributed by atoms with Gasteiger partial charge in [0.05, 0.1) is 6.10 Å². The molecule has 6 heteroatoms. The van der Waals surface area contributed by atoms with Crippen LogP contribution in [-0.4, -0.2) is 41.0 Å². The quantitative estimate of drug-likeness (QED) is 0.429. The molecule has 1 rings (SSSR count). The van der Waals surface area contributed by atoms with Gasteiger partial charge in [0.1, 0.15) is 12.3 Å². The van der Waals surface area contributed by atoms with Crippen LogP contribution in [0.1, 0.15) is 13.3 Å². The van der Waals surface area contributed by atoms with E-state index in [9.17, 15) is 15.0 Å². The predicted octanol–water partition coefficient (Wildman–Crippen LogP) is -1.41. The number of carbonyl (C=O) groups excluding carboxylic acids is 1. The highest BCUT2D eigenvalue weighted by molar-refractivity contribution is 5.85. The average molecular weight is 211 g/mol. The lowest BCUT2D eigenvalue weighted by Gasteiger charge is -2.32. The SMILES string of the molecule is CC(=O)N[C@H]1NCC[C@@H](O)[C@@H]1O.Cl. The van der Waals surface area contributed by atoms with E-state index in [0.29, 0.717) is 13.0 Å². The summed E-state index contributed by atoms with van der Waals surface area (Å²) in [6, 6.07) is 0. The highest BCUT2D eigenvalue weighted by atomic mass is 35.5. The van der Waals surface area contributed by atoms with Crippen LogP contribution in [0.2, 0.25) is 0 Å². The Morgan fingerprint density at radius 3 is 2.69 bits per heavy atom. The Morgan fingerprint density at radius 1 is 1.54 bits per heavy atom. The number of halogens is 1. The summed E-state index contributed by atoms with van der Waals surface area (Å²) in [5, 5.41) is 24.0. The summed E-state index contributed by atoms with van der Waals surface area (Å²) in [7, 11) is 0. The highest BCUT2D eigenvalue weighted by Crippen LogP contribution is 2.07. The molecule has 0 saturated carbocycles. The Bertz CT molecular complexity index is 179. The third kappa shape index (κ3) is 3.48. The van der Waals surface area contributed by atoms with Gasteiger partial charge in [0.2, 0.25) is 5.91 Å². The van der Waals surface area contributed by atoms with Crippen LogP contribution >= 0.6 is 12.4 Å². The first-order valence-corrected chi connectivity index (χ1v) is 3.98. The molecule has 0 radical (unpaired) electrons. The first-order chi connectivity index (χ1) is 5.61. The maximum atomic E-state index is 10.6. The van der Waals surface area contributed by atoms with Crippen molar-refractivity contribution in [2.24, 2.45) is 0 Å². The second kappa shape index (κ2) is 5.39. The minimum Gasteiger partial charge on any atom is -0.390 e. The van der Waals surface area contributed by atoms with Gasteiger partial charge in [-0.15, -0.1) is 12.4 Å². The number of nitrogens with one attached hydrogen (secondary N) is 2. The van der Waals surface area contributed by atoms with Gasteiger partial charge in [-0.1, -0.05) is 0 Å². The molecule has 1 amide bonds. The maximum absolute atomic E-state index is 10.6. The third-order valence-corrected chi connectivity index (χ3v) is 1.90. The van der Waals surface area contributed by atoms with E-state index in [1.807, 2.05) is 0 Å². The van der Waals surface area contributed by atoms with Crippen LogP contribution < -0.4 is 10.6 Å². The average Bonchev–Trinajstić information content (AvgIpc) is 1.98. The fourth-order valence-electron chi connectivity index (χ4n) is 1.26. The number of amides is 1. The third-order valence-electron chi connectivity index (χ3n) is 1.90. The molecule has 5 nitrogen and oxygen atoms in total. The fourth-order valence-corrected chi connectivity index (χ4v) is 1.26. The summed E-state index contributed by atoms with van der Waals surface area (Å²) >= 11 is 0. The maximum Gasteiger partial charge on any atom is 0.218 e. The van der Waals surface area contributed by atoms with E-state index in [1.54, 1.807) is 0 Å². The number of carbonyl (C=O) groups is 1. The Hall–Kier alpha value is -0.360. The Balaban J connectivity index is 0.00000144. The summed E-state index contributed by atoms with van der Waals surface area (Å²) in [5.41, 5.74) is 0. The van der Waals surface area contributed by atoms with Crippen molar-refractivity contribution in [1.82, 2.24) is 10.6 Å². The molecule has 0 aromatic rings. The second-order valence-corrected chi connectivity index (χ2v) is 2.98. The van der Waals surface area contributed by atoms with Crippen LogP contribution in [0.3, 0.4) is 0 Å². The fraction of sp³-hybridized carbons (Fsp3) is 0.857. The largest absolute Gasteiger partial charge is 0.390 e. The Kier molecular flexibility index (Phi) is 5.24. The molecular formula is C7H15ClN2O3. The van der Waals surface area contributed by atoms with E-state index in [4.69, 9.17) is 0 Å². The second-order valence-electron chi connectivity index (χ2n) is 2.98. The molecule has 0 aliphatic carbocycles. The lowest BCUT2D eigenvalue weighted by molar-refractivity contribution is -0.122. The molecular weight excluding hydrogens is 196 g/mol. The standard InChI is InChI=1S/C7H14N2O3.ClH/c1-4(10)9-7-6(12)5(11)2-3-8-7;/h5-8,11-12H,2-3H2,1H3,(H,9,10);1H/t5-,6+,7-;/m1./s1. The molecule has 0 spiro atoms. The minimum absolute atomic E-state index is 0. The monoisotopic (exact) mass is 210 g/mol. The van der Waals surface area contributed by atoms with Gasteiger partial charge in [-0.2, -0.15) is 0 Å². The summed E-state index contributed by atoms with van der Waals surface area (Å²) in [5.74, 6) is -0.222. The molecule has 3 atom stereocenters. The van der Waals surface area contributed by atoms with E-state index in [-0.39, 0.29) is 18.3 Å². The number of aliphatic hydroxyl groups excluding tert-OH is 2. The van der Waals surface area contributed by atoms with Crippen molar-refractivity contribution in [3.05, 3.63) is 0 Å². The van der Waals surface area contributed by atoms with Gasteiger partial charge >= 0.3 is 0 Å². The van der Waals surface area contributed by atoms with Crippen molar-refractivity contribution in [2.75, 3.05) is 6.54 Å². The van der Waals surface area contributed by atoms with Gasteiger partial charge in [0.15, 0.2) is 0 Å². The first kappa shape index (κ1) is 12.6. The van der Waals surface area contributed by atoms with Gasteiger partial charge < -0.3 is 15.5 Å². The molecule has 0 aromatic heterocycles. The molecule has 1 heterocycles. The van der Waals surface area contributed by atoms with Crippen molar-refractivity contribution in [1.29, 1.82) is 0 Å². The van der Waals surface area contributed by atoms with Gasteiger partial charge in [0.25, 0.3) is 0 Å². The van der Waals surface area contributed by atoms with E-state index < -0.39 is 18.4 Å². The summed E-state index contributed by atoms with van der Waals surface area (Å²) in [6.07, 6.45) is -1.67. The van der Waals surface area contributed by atoms with Crippen molar-refractivity contribution in [2.45, 2.75) is 31.7 Å². The number of hydrogen-bond donors (Lipinski definition) is 4. The van der Waals surface area contributed by atoms with Crippen molar-refractivity contribution in [3.63, 3.8) is 0 Å². The number of piperidine rings is 1. The van der Waals surface area contributed by atoms with Crippen LogP contribution in [0.15, 0.2) is 0 Å². The summed E-state index contributed by atoms with van der Waals surface area (Å²) < 4.78 is 0. The Morgan fingerprint density at radius 2 is 2.15 bits per heavy atom. The zero-order valence-electron chi connectivity index (χ0n) is 7.36. The van der Waals surface area contributed by atoms with Gasteiger partial charge in [-0.3, -0.25) is 10.1 Å². The topological polar surface area (TPSA) is 81.6 Å². The summed E-state index contributed by atoms with van der Waals surface area (Å²) in [6.45, 7) is 1.97. The lowest BCUT2D eigenvalue weighted by Crippen LogP contribution is -2.60.